The third-order valence-corrected chi connectivity index (χ3v) is 9.49. The number of benzene rings is 8. The molecule has 4 nitrogen and oxygen atoms in total. The summed E-state index contributed by atoms with van der Waals surface area (Å²) in [5.41, 5.74) is 6.82. The van der Waals surface area contributed by atoms with Crippen LogP contribution in [0, 0.1) is 0 Å². The van der Waals surface area contributed by atoms with E-state index in [2.05, 4.69) is 127 Å². The Bertz CT molecular complexity index is 2870. The van der Waals surface area contributed by atoms with Gasteiger partial charge in [-0.1, -0.05) is 140 Å². The molecule has 0 aliphatic rings. The molecule has 2 aromatic heterocycles. The molecule has 10 aromatic rings. The minimum atomic E-state index is 0.631. The number of aromatic nitrogens is 3. The highest BCUT2D eigenvalue weighted by Crippen LogP contribution is 2.39. The lowest BCUT2D eigenvalue weighted by Gasteiger charge is -2.11. The van der Waals surface area contributed by atoms with Gasteiger partial charge in [-0.15, -0.1) is 0 Å². The maximum Gasteiger partial charge on any atom is 0.164 e. The Labute approximate surface area is 282 Å². The van der Waals surface area contributed by atoms with Crippen molar-refractivity contribution in [3.8, 4) is 45.3 Å². The van der Waals surface area contributed by atoms with Gasteiger partial charge in [0.05, 0.1) is 0 Å². The van der Waals surface area contributed by atoms with Crippen LogP contribution in [0.1, 0.15) is 0 Å². The predicted molar refractivity (Wildman–Crippen MR) is 201 cm³/mol. The minimum absolute atomic E-state index is 0.631. The molecule has 0 aliphatic heterocycles. The van der Waals surface area contributed by atoms with Crippen molar-refractivity contribution < 1.29 is 4.42 Å². The molecule has 0 spiro atoms. The maximum atomic E-state index is 6.35. The lowest BCUT2D eigenvalue weighted by Crippen LogP contribution is -2.00. The summed E-state index contributed by atoms with van der Waals surface area (Å²) in [5.74, 6) is 1.92. The van der Waals surface area contributed by atoms with Gasteiger partial charge in [0, 0.05) is 27.5 Å². The Balaban J connectivity index is 1.10. The Morgan fingerprint density at radius 2 is 0.898 bits per heavy atom. The zero-order valence-electron chi connectivity index (χ0n) is 26.3. The molecule has 0 amide bonds. The van der Waals surface area contributed by atoms with Crippen molar-refractivity contribution in [3.63, 3.8) is 0 Å². The largest absolute Gasteiger partial charge is 0.456 e. The van der Waals surface area contributed by atoms with Gasteiger partial charge in [-0.2, -0.15) is 0 Å². The molecular weight excluding hydrogens is 599 g/mol. The van der Waals surface area contributed by atoms with E-state index in [-0.39, 0.29) is 0 Å². The van der Waals surface area contributed by atoms with Crippen molar-refractivity contribution in [1.29, 1.82) is 0 Å². The molecule has 4 heteroatoms. The molecule has 10 rings (SSSR count). The Morgan fingerprint density at radius 3 is 1.67 bits per heavy atom. The van der Waals surface area contributed by atoms with Crippen LogP contribution in [0.15, 0.2) is 168 Å². The van der Waals surface area contributed by atoms with E-state index in [0.29, 0.717) is 17.5 Å². The first-order valence-corrected chi connectivity index (χ1v) is 16.4. The molecule has 8 aromatic carbocycles. The Morgan fingerprint density at radius 1 is 0.327 bits per heavy atom. The second-order valence-electron chi connectivity index (χ2n) is 12.4. The van der Waals surface area contributed by atoms with Crippen molar-refractivity contribution in [3.05, 3.63) is 164 Å². The zero-order chi connectivity index (χ0) is 32.3. The van der Waals surface area contributed by atoms with Crippen LogP contribution in [0.5, 0.6) is 0 Å². The van der Waals surface area contributed by atoms with E-state index in [1.165, 1.54) is 32.3 Å². The van der Waals surface area contributed by atoms with Crippen LogP contribution in [0.4, 0.5) is 0 Å². The molecule has 0 atom stereocenters. The van der Waals surface area contributed by atoms with Gasteiger partial charge in [0.2, 0.25) is 0 Å². The fraction of sp³-hybridized carbons (Fsp3) is 0. The number of fused-ring (bicyclic) bond motifs is 7. The summed E-state index contributed by atoms with van der Waals surface area (Å²) in [7, 11) is 0. The monoisotopic (exact) mass is 625 g/mol. The van der Waals surface area contributed by atoms with Crippen molar-refractivity contribution >= 4 is 54.3 Å². The molecule has 0 aliphatic carbocycles. The smallest absolute Gasteiger partial charge is 0.164 e. The minimum Gasteiger partial charge on any atom is -0.456 e. The topological polar surface area (TPSA) is 51.8 Å². The first kappa shape index (κ1) is 27.5. The van der Waals surface area contributed by atoms with E-state index < -0.39 is 0 Å². The van der Waals surface area contributed by atoms with Gasteiger partial charge >= 0.3 is 0 Å². The maximum absolute atomic E-state index is 6.35. The summed E-state index contributed by atoms with van der Waals surface area (Å²) in [4.78, 5) is 15.0. The highest BCUT2D eigenvalue weighted by atomic mass is 16.3. The van der Waals surface area contributed by atoms with Gasteiger partial charge in [0.1, 0.15) is 11.2 Å². The fourth-order valence-corrected chi connectivity index (χ4v) is 7.04. The standard InChI is InChI=1S/C45H27N3O/c1-2-10-31(11-3-1)43-46-44(48-45(47-43)35-24-21-30-18-17-28-9-6-7-14-36(28)38(30)26-35)32-22-19-29(20-23-32)37-15-8-16-40-42(37)39-25-33-12-4-5-13-34(33)27-41(39)49-40/h1-27H. The van der Waals surface area contributed by atoms with E-state index in [1.807, 2.05) is 36.4 Å². The van der Waals surface area contributed by atoms with Crippen LogP contribution >= 0.6 is 0 Å². The average Bonchev–Trinajstić information content (AvgIpc) is 3.54. The highest BCUT2D eigenvalue weighted by Gasteiger charge is 2.16. The number of hydrogen-bond donors (Lipinski definition) is 0. The molecule has 2 heterocycles. The molecule has 0 saturated heterocycles. The molecule has 0 N–H and O–H groups in total. The van der Waals surface area contributed by atoms with E-state index in [4.69, 9.17) is 19.4 Å². The van der Waals surface area contributed by atoms with Crippen molar-refractivity contribution in [2.75, 3.05) is 0 Å². The van der Waals surface area contributed by atoms with Gasteiger partial charge < -0.3 is 4.42 Å². The third-order valence-electron chi connectivity index (χ3n) is 9.49. The van der Waals surface area contributed by atoms with Crippen molar-refractivity contribution in [2.45, 2.75) is 0 Å². The zero-order valence-corrected chi connectivity index (χ0v) is 26.3. The van der Waals surface area contributed by atoms with Crippen LogP contribution in [0.3, 0.4) is 0 Å². The summed E-state index contributed by atoms with van der Waals surface area (Å²) in [6.45, 7) is 0. The van der Waals surface area contributed by atoms with E-state index in [9.17, 15) is 0 Å². The molecule has 0 bridgehead atoms. The molecule has 0 unspecified atom stereocenters. The SMILES string of the molecule is c1ccc(-c2nc(-c3ccc(-c4cccc5oc6cc7ccccc7cc6c45)cc3)nc(-c3ccc4ccc5ccccc5c4c3)n2)cc1. The van der Waals surface area contributed by atoms with Crippen molar-refractivity contribution in [1.82, 2.24) is 15.0 Å². The summed E-state index contributed by atoms with van der Waals surface area (Å²) in [5, 5.41) is 9.39. The fourth-order valence-electron chi connectivity index (χ4n) is 7.04. The van der Waals surface area contributed by atoms with Crippen LogP contribution in [-0.4, -0.2) is 15.0 Å². The molecule has 0 fully saturated rings. The lowest BCUT2D eigenvalue weighted by molar-refractivity contribution is 0.669. The van der Waals surface area contributed by atoms with Gasteiger partial charge in [-0.3, -0.25) is 0 Å². The summed E-state index contributed by atoms with van der Waals surface area (Å²) < 4.78 is 6.35. The highest BCUT2D eigenvalue weighted by molar-refractivity contribution is 6.15. The van der Waals surface area contributed by atoms with E-state index >= 15 is 0 Å². The molecule has 0 saturated carbocycles. The average molecular weight is 626 g/mol. The summed E-state index contributed by atoms with van der Waals surface area (Å²) in [6.07, 6.45) is 0. The quantitative estimate of drug-likeness (QED) is 0.183. The molecule has 0 radical (unpaired) electrons. The van der Waals surface area contributed by atoms with Crippen LogP contribution < -0.4 is 0 Å². The number of hydrogen-bond acceptors (Lipinski definition) is 4. The van der Waals surface area contributed by atoms with Gasteiger partial charge in [0.25, 0.3) is 0 Å². The van der Waals surface area contributed by atoms with E-state index in [1.54, 1.807) is 0 Å². The first-order chi connectivity index (χ1) is 24.2. The predicted octanol–water partition coefficient (Wildman–Crippen LogP) is 11.9. The van der Waals surface area contributed by atoms with Crippen molar-refractivity contribution in [2.24, 2.45) is 0 Å². The lowest BCUT2D eigenvalue weighted by atomic mass is 9.97. The Kier molecular flexibility index (Phi) is 6.15. The molecule has 228 valence electrons. The second kappa shape index (κ2) is 11.0. The van der Waals surface area contributed by atoms with Gasteiger partial charge in [0.15, 0.2) is 17.5 Å². The van der Waals surface area contributed by atoms with E-state index in [0.717, 1.165) is 49.8 Å². The number of nitrogens with zero attached hydrogens (tertiary/aromatic N) is 3. The van der Waals surface area contributed by atoms with Gasteiger partial charge in [-0.05, 0) is 67.7 Å². The third kappa shape index (κ3) is 4.65. The number of furan rings is 1. The summed E-state index contributed by atoms with van der Waals surface area (Å²) in [6, 6.07) is 57.0. The second-order valence-corrected chi connectivity index (χ2v) is 12.4. The summed E-state index contributed by atoms with van der Waals surface area (Å²) >= 11 is 0. The first-order valence-electron chi connectivity index (χ1n) is 16.4. The normalized spacial score (nSPS) is 11.7. The van der Waals surface area contributed by atoms with Crippen LogP contribution in [-0.2, 0) is 0 Å². The van der Waals surface area contributed by atoms with Gasteiger partial charge in [-0.25, -0.2) is 15.0 Å². The number of rotatable bonds is 4. The molecular formula is C45H27N3O. The molecule has 49 heavy (non-hydrogen) atoms. The van der Waals surface area contributed by atoms with Crippen LogP contribution in [0.25, 0.3) is 99.5 Å². The van der Waals surface area contributed by atoms with Crippen LogP contribution in [0.2, 0.25) is 0 Å². The Hall–Kier alpha value is -6.65.